The molecule has 1 aromatic rings. The van der Waals surface area contributed by atoms with Crippen molar-refractivity contribution in [2.45, 2.75) is 25.4 Å². The molecular formula is C16H21N3O2. The Morgan fingerprint density at radius 3 is 2.52 bits per heavy atom. The maximum Gasteiger partial charge on any atom is 0.234 e. The first-order valence-corrected chi connectivity index (χ1v) is 7.54. The van der Waals surface area contributed by atoms with Crippen molar-refractivity contribution in [1.82, 2.24) is 15.5 Å². The van der Waals surface area contributed by atoms with Crippen LogP contribution in [0.4, 0.5) is 0 Å². The molecule has 0 spiro atoms. The van der Waals surface area contributed by atoms with Crippen molar-refractivity contribution in [3.63, 3.8) is 0 Å². The Balaban J connectivity index is 1.32. The van der Waals surface area contributed by atoms with E-state index in [1.807, 2.05) is 35.2 Å². The van der Waals surface area contributed by atoms with Gasteiger partial charge in [-0.1, -0.05) is 30.3 Å². The summed E-state index contributed by atoms with van der Waals surface area (Å²) >= 11 is 0. The summed E-state index contributed by atoms with van der Waals surface area (Å²) in [4.78, 5) is 25.6. The zero-order valence-electron chi connectivity index (χ0n) is 12.0. The van der Waals surface area contributed by atoms with E-state index in [0.717, 1.165) is 18.4 Å². The van der Waals surface area contributed by atoms with Gasteiger partial charge >= 0.3 is 0 Å². The second kappa shape index (κ2) is 6.26. The van der Waals surface area contributed by atoms with E-state index in [2.05, 4.69) is 10.6 Å². The second-order valence-electron chi connectivity index (χ2n) is 5.94. The number of nitrogens with one attached hydrogen (secondary N) is 2. The smallest absolute Gasteiger partial charge is 0.234 e. The van der Waals surface area contributed by atoms with E-state index in [1.165, 1.54) is 0 Å². The van der Waals surface area contributed by atoms with Gasteiger partial charge in [-0.3, -0.25) is 14.5 Å². The van der Waals surface area contributed by atoms with E-state index in [9.17, 15) is 9.59 Å². The van der Waals surface area contributed by atoms with Crippen LogP contribution < -0.4 is 10.6 Å². The molecule has 5 nitrogen and oxygen atoms in total. The molecule has 1 saturated carbocycles. The number of rotatable bonds is 6. The van der Waals surface area contributed by atoms with E-state index in [0.29, 0.717) is 32.2 Å². The zero-order chi connectivity index (χ0) is 14.7. The van der Waals surface area contributed by atoms with Crippen molar-refractivity contribution in [2.24, 2.45) is 5.92 Å². The van der Waals surface area contributed by atoms with Crippen molar-refractivity contribution < 1.29 is 9.59 Å². The van der Waals surface area contributed by atoms with Crippen LogP contribution in [0.2, 0.25) is 0 Å². The molecule has 1 heterocycles. The van der Waals surface area contributed by atoms with Crippen LogP contribution in [0.5, 0.6) is 0 Å². The number of likely N-dealkylation sites (tertiary alicyclic amines) is 1. The zero-order valence-corrected chi connectivity index (χ0v) is 12.0. The van der Waals surface area contributed by atoms with Gasteiger partial charge in [-0.15, -0.1) is 0 Å². The molecule has 1 aliphatic heterocycles. The van der Waals surface area contributed by atoms with Gasteiger partial charge in [-0.05, 0) is 18.4 Å². The van der Waals surface area contributed by atoms with Crippen LogP contribution in [-0.4, -0.2) is 42.4 Å². The highest BCUT2D eigenvalue weighted by atomic mass is 16.2. The van der Waals surface area contributed by atoms with Gasteiger partial charge in [0.25, 0.3) is 0 Å². The average Bonchev–Trinajstić information content (AvgIpc) is 3.25. The average molecular weight is 287 g/mol. The second-order valence-corrected chi connectivity index (χ2v) is 5.94. The van der Waals surface area contributed by atoms with Crippen molar-refractivity contribution >= 4 is 11.8 Å². The summed E-state index contributed by atoms with van der Waals surface area (Å²) in [5.41, 5.74) is 1.09. The van der Waals surface area contributed by atoms with Crippen molar-refractivity contribution in [3.8, 4) is 0 Å². The molecule has 1 aliphatic carbocycles. The molecule has 0 aromatic heterocycles. The Hall–Kier alpha value is -1.88. The lowest BCUT2D eigenvalue weighted by Gasteiger charge is -2.37. The molecular weight excluding hydrogens is 266 g/mol. The topological polar surface area (TPSA) is 61.4 Å². The van der Waals surface area contributed by atoms with Gasteiger partial charge < -0.3 is 10.6 Å². The van der Waals surface area contributed by atoms with Crippen molar-refractivity contribution in [3.05, 3.63) is 35.9 Å². The molecule has 0 unspecified atom stereocenters. The standard InChI is InChI=1S/C16H21N3O2/c20-15(17-8-12-4-2-1-3-5-12)11-19-9-13(10-19)16(21)18-14-6-7-14/h1-5,13-14H,6-11H2,(H,17,20)(H,18,21). The third-order valence-electron chi connectivity index (χ3n) is 3.95. The lowest BCUT2D eigenvalue weighted by atomic mass is 9.99. The Labute approximate surface area is 124 Å². The molecule has 0 atom stereocenters. The maximum atomic E-state index is 11.8. The van der Waals surface area contributed by atoms with Gasteiger partial charge in [0, 0.05) is 25.7 Å². The van der Waals surface area contributed by atoms with Crippen LogP contribution in [-0.2, 0) is 16.1 Å². The Morgan fingerprint density at radius 2 is 1.86 bits per heavy atom. The summed E-state index contributed by atoms with van der Waals surface area (Å²) in [6.07, 6.45) is 2.23. The Bertz CT molecular complexity index is 508. The Morgan fingerprint density at radius 1 is 1.14 bits per heavy atom. The number of carbonyl (C=O) groups excluding carboxylic acids is 2. The minimum Gasteiger partial charge on any atom is -0.353 e. The number of benzene rings is 1. The normalized spacial score (nSPS) is 18.9. The van der Waals surface area contributed by atoms with Gasteiger partial charge in [0.15, 0.2) is 0 Å². The van der Waals surface area contributed by atoms with Gasteiger partial charge in [0.1, 0.15) is 0 Å². The molecule has 5 heteroatoms. The number of hydrogen-bond donors (Lipinski definition) is 2. The monoisotopic (exact) mass is 287 g/mol. The quantitative estimate of drug-likeness (QED) is 0.801. The SMILES string of the molecule is O=C(CN1CC(C(=O)NC2CC2)C1)NCc1ccccc1. The van der Waals surface area contributed by atoms with E-state index >= 15 is 0 Å². The van der Waals surface area contributed by atoms with Crippen LogP contribution in [0.3, 0.4) is 0 Å². The molecule has 112 valence electrons. The molecule has 3 rings (SSSR count). The molecule has 0 bridgehead atoms. The van der Waals surface area contributed by atoms with Gasteiger partial charge in [-0.25, -0.2) is 0 Å². The lowest BCUT2D eigenvalue weighted by molar-refractivity contribution is -0.133. The molecule has 1 aromatic carbocycles. The number of nitrogens with zero attached hydrogens (tertiary/aromatic N) is 1. The minimum absolute atomic E-state index is 0.0138. The molecule has 21 heavy (non-hydrogen) atoms. The Kier molecular flexibility index (Phi) is 4.20. The van der Waals surface area contributed by atoms with Gasteiger partial charge in [-0.2, -0.15) is 0 Å². The van der Waals surface area contributed by atoms with Crippen molar-refractivity contribution in [2.75, 3.05) is 19.6 Å². The highest BCUT2D eigenvalue weighted by molar-refractivity contribution is 5.82. The highest BCUT2D eigenvalue weighted by Gasteiger charge is 2.35. The van der Waals surface area contributed by atoms with Crippen molar-refractivity contribution in [1.29, 1.82) is 0 Å². The summed E-state index contributed by atoms with van der Waals surface area (Å²) in [6.45, 7) is 2.31. The first-order valence-electron chi connectivity index (χ1n) is 7.54. The van der Waals surface area contributed by atoms with E-state index in [1.54, 1.807) is 0 Å². The molecule has 2 fully saturated rings. The van der Waals surface area contributed by atoms with Crippen LogP contribution in [0.25, 0.3) is 0 Å². The summed E-state index contributed by atoms with van der Waals surface area (Å²) in [7, 11) is 0. The van der Waals surface area contributed by atoms with Crippen LogP contribution in [0.1, 0.15) is 18.4 Å². The minimum atomic E-state index is 0.0138. The third-order valence-corrected chi connectivity index (χ3v) is 3.95. The first-order chi connectivity index (χ1) is 10.2. The predicted octanol–water partition coefficient (Wildman–Crippen LogP) is 0.513. The molecule has 2 N–H and O–H groups in total. The third kappa shape index (κ3) is 4.04. The number of carbonyl (C=O) groups is 2. The first kappa shape index (κ1) is 14.1. The number of hydrogen-bond acceptors (Lipinski definition) is 3. The van der Waals surface area contributed by atoms with Crippen LogP contribution >= 0.6 is 0 Å². The molecule has 1 saturated heterocycles. The fraction of sp³-hybridized carbons (Fsp3) is 0.500. The fourth-order valence-electron chi connectivity index (χ4n) is 2.47. The van der Waals surface area contributed by atoms with E-state index in [-0.39, 0.29) is 17.7 Å². The molecule has 0 radical (unpaired) electrons. The summed E-state index contributed by atoms with van der Waals surface area (Å²) in [5, 5.41) is 5.91. The number of amides is 2. The summed E-state index contributed by atoms with van der Waals surface area (Å²) < 4.78 is 0. The van der Waals surface area contributed by atoms with Gasteiger partial charge in [0.2, 0.25) is 11.8 Å². The van der Waals surface area contributed by atoms with Crippen LogP contribution in [0.15, 0.2) is 30.3 Å². The van der Waals surface area contributed by atoms with E-state index < -0.39 is 0 Å². The molecule has 2 aliphatic rings. The van der Waals surface area contributed by atoms with Gasteiger partial charge in [0.05, 0.1) is 12.5 Å². The lowest BCUT2D eigenvalue weighted by Crippen LogP contribution is -2.56. The maximum absolute atomic E-state index is 11.8. The molecule has 2 amide bonds. The summed E-state index contributed by atoms with van der Waals surface area (Å²) in [5.74, 6) is 0.228. The highest BCUT2D eigenvalue weighted by Crippen LogP contribution is 2.21. The van der Waals surface area contributed by atoms with Crippen LogP contribution in [0, 0.1) is 5.92 Å². The predicted molar refractivity (Wildman–Crippen MR) is 79.4 cm³/mol. The largest absolute Gasteiger partial charge is 0.353 e. The summed E-state index contributed by atoms with van der Waals surface area (Å²) in [6, 6.07) is 10.3. The fourth-order valence-corrected chi connectivity index (χ4v) is 2.47. The van der Waals surface area contributed by atoms with E-state index in [4.69, 9.17) is 0 Å².